The molecule has 1 atom stereocenters. The van der Waals surface area contributed by atoms with Crippen molar-refractivity contribution in [1.82, 2.24) is 4.90 Å². The van der Waals surface area contributed by atoms with Gasteiger partial charge < -0.3 is 10.0 Å². The molecule has 1 saturated heterocycles. The second-order valence-corrected chi connectivity index (χ2v) is 5.72. The van der Waals surface area contributed by atoms with Gasteiger partial charge >= 0.3 is 0 Å². The van der Waals surface area contributed by atoms with E-state index in [1.165, 1.54) is 32.1 Å². The number of rotatable bonds is 4. The largest absolute Gasteiger partial charge is 0.396 e. The molecular formula is C14H25NO2. The molecule has 3 nitrogen and oxygen atoms in total. The summed E-state index contributed by atoms with van der Waals surface area (Å²) in [6.07, 6.45) is 9.53. The molecule has 1 aliphatic carbocycles. The topological polar surface area (TPSA) is 40.5 Å². The highest BCUT2D eigenvalue weighted by atomic mass is 16.3. The molecule has 0 aromatic heterocycles. The normalized spacial score (nSPS) is 26.4. The highest BCUT2D eigenvalue weighted by Crippen LogP contribution is 2.28. The molecule has 1 amide bonds. The van der Waals surface area contributed by atoms with E-state index in [0.29, 0.717) is 11.8 Å². The van der Waals surface area contributed by atoms with E-state index in [-0.39, 0.29) is 6.61 Å². The fraction of sp³-hybridized carbons (Fsp3) is 0.929. The summed E-state index contributed by atoms with van der Waals surface area (Å²) >= 11 is 0. The molecule has 1 aliphatic heterocycles. The van der Waals surface area contributed by atoms with Crippen LogP contribution in [0, 0.1) is 11.8 Å². The van der Waals surface area contributed by atoms with Crippen molar-refractivity contribution in [3.63, 3.8) is 0 Å². The number of carbonyl (C=O) groups is 1. The van der Waals surface area contributed by atoms with Gasteiger partial charge in [-0.05, 0) is 18.8 Å². The number of carbonyl (C=O) groups excluding carboxylic acids is 1. The predicted molar refractivity (Wildman–Crippen MR) is 67.6 cm³/mol. The number of nitrogens with zero attached hydrogens (tertiary/aromatic N) is 1. The van der Waals surface area contributed by atoms with Gasteiger partial charge in [-0.1, -0.05) is 32.1 Å². The molecule has 1 heterocycles. The molecule has 0 spiro atoms. The lowest BCUT2D eigenvalue weighted by atomic mass is 9.86. The second kappa shape index (κ2) is 6.39. The third-order valence-corrected chi connectivity index (χ3v) is 4.39. The van der Waals surface area contributed by atoms with Gasteiger partial charge in [-0.15, -0.1) is 0 Å². The minimum atomic E-state index is 0.229. The molecule has 17 heavy (non-hydrogen) atoms. The molecule has 98 valence electrons. The summed E-state index contributed by atoms with van der Waals surface area (Å²) in [6, 6.07) is 0. The summed E-state index contributed by atoms with van der Waals surface area (Å²) < 4.78 is 0. The molecule has 1 N–H and O–H groups in total. The molecule has 2 fully saturated rings. The molecule has 0 bridgehead atoms. The molecular weight excluding hydrogens is 214 g/mol. The Labute approximate surface area is 104 Å². The zero-order valence-electron chi connectivity index (χ0n) is 10.7. The van der Waals surface area contributed by atoms with Gasteiger partial charge in [0.05, 0.1) is 0 Å². The standard InChI is InChI=1S/C14H25NO2/c16-11-13-8-9-15(10-13)14(17)7-6-12-4-2-1-3-5-12/h12-13,16H,1-11H2. The quantitative estimate of drug-likeness (QED) is 0.817. The molecule has 1 unspecified atom stereocenters. The van der Waals surface area contributed by atoms with Crippen molar-refractivity contribution >= 4 is 5.91 Å². The van der Waals surface area contributed by atoms with Gasteiger partial charge in [0.15, 0.2) is 0 Å². The first kappa shape index (κ1) is 12.9. The zero-order chi connectivity index (χ0) is 12.1. The lowest BCUT2D eigenvalue weighted by Gasteiger charge is -2.22. The summed E-state index contributed by atoms with van der Waals surface area (Å²) in [5, 5.41) is 9.06. The Bertz CT molecular complexity index is 249. The van der Waals surface area contributed by atoms with E-state index in [2.05, 4.69) is 0 Å². The number of likely N-dealkylation sites (tertiary alicyclic amines) is 1. The zero-order valence-corrected chi connectivity index (χ0v) is 10.7. The SMILES string of the molecule is O=C(CCC1CCCCC1)N1CCC(CO)C1. The van der Waals surface area contributed by atoms with E-state index in [1.807, 2.05) is 4.90 Å². The lowest BCUT2D eigenvalue weighted by Crippen LogP contribution is -2.29. The van der Waals surface area contributed by atoms with Crippen LogP contribution in [0.2, 0.25) is 0 Å². The highest BCUT2D eigenvalue weighted by Gasteiger charge is 2.25. The Hall–Kier alpha value is -0.570. The Morgan fingerprint density at radius 2 is 1.88 bits per heavy atom. The van der Waals surface area contributed by atoms with Crippen molar-refractivity contribution in [2.24, 2.45) is 11.8 Å². The van der Waals surface area contributed by atoms with Crippen molar-refractivity contribution in [3.05, 3.63) is 0 Å². The highest BCUT2D eigenvalue weighted by molar-refractivity contribution is 5.76. The predicted octanol–water partition coefficient (Wildman–Crippen LogP) is 2.19. The van der Waals surface area contributed by atoms with Crippen LogP contribution < -0.4 is 0 Å². The van der Waals surface area contributed by atoms with E-state index in [9.17, 15) is 4.79 Å². The first-order chi connectivity index (χ1) is 8.29. The minimum Gasteiger partial charge on any atom is -0.396 e. The maximum atomic E-state index is 12.0. The Morgan fingerprint density at radius 3 is 2.53 bits per heavy atom. The molecule has 2 aliphatic rings. The van der Waals surface area contributed by atoms with Crippen LogP contribution in [-0.4, -0.2) is 35.6 Å². The second-order valence-electron chi connectivity index (χ2n) is 5.72. The van der Waals surface area contributed by atoms with Gasteiger partial charge in [-0.3, -0.25) is 4.79 Å². The lowest BCUT2D eigenvalue weighted by molar-refractivity contribution is -0.130. The van der Waals surface area contributed by atoms with E-state index >= 15 is 0 Å². The number of aliphatic hydroxyl groups excluding tert-OH is 1. The van der Waals surface area contributed by atoms with Crippen LogP contribution in [0.15, 0.2) is 0 Å². The molecule has 1 saturated carbocycles. The van der Waals surface area contributed by atoms with Crippen LogP contribution >= 0.6 is 0 Å². The van der Waals surface area contributed by atoms with Gasteiger partial charge in [0, 0.05) is 32.0 Å². The van der Waals surface area contributed by atoms with Crippen LogP contribution in [-0.2, 0) is 4.79 Å². The maximum absolute atomic E-state index is 12.0. The van der Waals surface area contributed by atoms with Crippen LogP contribution in [0.3, 0.4) is 0 Å². The molecule has 0 aromatic rings. The average molecular weight is 239 g/mol. The Morgan fingerprint density at radius 1 is 1.12 bits per heavy atom. The van der Waals surface area contributed by atoms with E-state index in [0.717, 1.165) is 38.3 Å². The number of hydrogen-bond donors (Lipinski definition) is 1. The summed E-state index contributed by atoms with van der Waals surface area (Å²) in [5.74, 6) is 1.43. The Balaban J connectivity index is 1.66. The first-order valence-corrected chi connectivity index (χ1v) is 7.18. The van der Waals surface area contributed by atoms with Gasteiger partial charge in [0.1, 0.15) is 0 Å². The summed E-state index contributed by atoms with van der Waals surface area (Å²) in [5.41, 5.74) is 0. The third kappa shape index (κ3) is 3.70. The number of hydrogen-bond acceptors (Lipinski definition) is 2. The van der Waals surface area contributed by atoms with Crippen LogP contribution in [0.5, 0.6) is 0 Å². The van der Waals surface area contributed by atoms with Crippen molar-refractivity contribution in [2.45, 2.75) is 51.4 Å². The Kier molecular flexibility index (Phi) is 4.84. The van der Waals surface area contributed by atoms with Crippen LogP contribution in [0.4, 0.5) is 0 Å². The minimum absolute atomic E-state index is 0.229. The fourth-order valence-electron chi connectivity index (χ4n) is 3.17. The molecule has 2 rings (SSSR count). The third-order valence-electron chi connectivity index (χ3n) is 4.39. The van der Waals surface area contributed by atoms with Crippen molar-refractivity contribution < 1.29 is 9.90 Å². The molecule has 0 radical (unpaired) electrons. The summed E-state index contributed by atoms with van der Waals surface area (Å²) in [4.78, 5) is 13.9. The van der Waals surface area contributed by atoms with E-state index in [4.69, 9.17) is 5.11 Å². The summed E-state index contributed by atoms with van der Waals surface area (Å²) in [7, 11) is 0. The number of aliphatic hydroxyl groups is 1. The monoisotopic (exact) mass is 239 g/mol. The first-order valence-electron chi connectivity index (χ1n) is 7.18. The fourth-order valence-corrected chi connectivity index (χ4v) is 3.17. The average Bonchev–Trinajstić information content (AvgIpc) is 2.86. The van der Waals surface area contributed by atoms with Crippen LogP contribution in [0.1, 0.15) is 51.4 Å². The van der Waals surface area contributed by atoms with Gasteiger partial charge in [0.25, 0.3) is 0 Å². The van der Waals surface area contributed by atoms with E-state index in [1.54, 1.807) is 0 Å². The molecule has 0 aromatic carbocycles. The van der Waals surface area contributed by atoms with Gasteiger partial charge in [-0.2, -0.15) is 0 Å². The van der Waals surface area contributed by atoms with Crippen molar-refractivity contribution in [3.8, 4) is 0 Å². The van der Waals surface area contributed by atoms with E-state index < -0.39 is 0 Å². The van der Waals surface area contributed by atoms with Gasteiger partial charge in [-0.25, -0.2) is 0 Å². The summed E-state index contributed by atoms with van der Waals surface area (Å²) in [6.45, 7) is 1.86. The maximum Gasteiger partial charge on any atom is 0.222 e. The van der Waals surface area contributed by atoms with Crippen LogP contribution in [0.25, 0.3) is 0 Å². The smallest absolute Gasteiger partial charge is 0.222 e. The van der Waals surface area contributed by atoms with Crippen molar-refractivity contribution in [2.75, 3.05) is 19.7 Å². The van der Waals surface area contributed by atoms with Crippen molar-refractivity contribution in [1.29, 1.82) is 0 Å². The van der Waals surface area contributed by atoms with Gasteiger partial charge in [0.2, 0.25) is 5.91 Å². The molecule has 3 heteroatoms. The number of amides is 1.